The molecule has 0 aliphatic heterocycles. The predicted octanol–water partition coefficient (Wildman–Crippen LogP) is -0.554. The summed E-state index contributed by atoms with van der Waals surface area (Å²) >= 11 is 0. The van der Waals surface area contributed by atoms with Crippen LogP contribution in [0.1, 0.15) is 19.8 Å². The molecule has 0 radical (unpaired) electrons. The van der Waals surface area contributed by atoms with Gasteiger partial charge in [-0.15, -0.1) is 0 Å². The van der Waals surface area contributed by atoms with E-state index in [4.69, 9.17) is 11.6 Å². The summed E-state index contributed by atoms with van der Waals surface area (Å²) in [6.07, 6.45) is 1.60. The molecule has 0 aromatic heterocycles. The van der Waals surface area contributed by atoms with Crippen molar-refractivity contribution in [3.63, 3.8) is 0 Å². The molecule has 4 nitrogen and oxygen atoms in total. The molecule has 4 heteroatoms. The molecule has 0 aromatic rings. The smallest absolute Gasteiger partial charge is 0.253 e. The van der Waals surface area contributed by atoms with Crippen LogP contribution in [0.15, 0.2) is 0 Å². The molecule has 0 fully saturated rings. The van der Waals surface area contributed by atoms with Gasteiger partial charge in [-0.05, 0) is 6.42 Å². The van der Waals surface area contributed by atoms with Gasteiger partial charge < -0.3 is 5.73 Å². The van der Waals surface area contributed by atoms with Crippen molar-refractivity contribution in [2.45, 2.75) is 25.8 Å². The van der Waals surface area contributed by atoms with Crippen LogP contribution in [0.2, 0.25) is 0 Å². The van der Waals surface area contributed by atoms with Gasteiger partial charge in [-0.1, -0.05) is 13.3 Å². The van der Waals surface area contributed by atoms with Gasteiger partial charge in [0.15, 0.2) is 0 Å². The quantitative estimate of drug-likeness (QED) is 0.318. The standard InChI is InChI=1S/C6H15N3O/c1-3-4-5(7)6(10)9(2)8/h5H,3-4,7-8H2,1-2H3. The Morgan fingerprint density at radius 3 is 2.50 bits per heavy atom. The number of nitrogens with zero attached hydrogens (tertiary/aromatic N) is 1. The predicted molar refractivity (Wildman–Crippen MR) is 39.8 cm³/mol. The zero-order valence-electron chi connectivity index (χ0n) is 6.50. The van der Waals surface area contributed by atoms with Crippen molar-refractivity contribution >= 4 is 5.91 Å². The van der Waals surface area contributed by atoms with Crippen LogP contribution in [0, 0.1) is 0 Å². The maximum atomic E-state index is 10.9. The fraction of sp³-hybridized carbons (Fsp3) is 0.833. The first-order valence-electron chi connectivity index (χ1n) is 3.37. The number of nitrogens with two attached hydrogens (primary N) is 2. The Morgan fingerprint density at radius 1 is 1.70 bits per heavy atom. The van der Waals surface area contributed by atoms with Crippen molar-refractivity contribution in [3.8, 4) is 0 Å². The molecule has 0 saturated heterocycles. The lowest BCUT2D eigenvalue weighted by molar-refractivity contribution is -0.131. The summed E-state index contributed by atoms with van der Waals surface area (Å²) in [5.74, 6) is 4.96. The lowest BCUT2D eigenvalue weighted by Crippen LogP contribution is -2.45. The van der Waals surface area contributed by atoms with Crippen LogP contribution in [0.25, 0.3) is 0 Å². The zero-order valence-corrected chi connectivity index (χ0v) is 6.50. The molecule has 1 atom stereocenters. The van der Waals surface area contributed by atoms with Crippen molar-refractivity contribution in [3.05, 3.63) is 0 Å². The molecule has 0 aliphatic carbocycles. The Kier molecular flexibility index (Phi) is 3.99. The third-order valence-electron chi connectivity index (χ3n) is 1.26. The summed E-state index contributed by atoms with van der Waals surface area (Å²) in [5.41, 5.74) is 5.46. The third kappa shape index (κ3) is 2.80. The van der Waals surface area contributed by atoms with E-state index in [9.17, 15) is 4.79 Å². The minimum Gasteiger partial charge on any atom is -0.320 e. The summed E-state index contributed by atoms with van der Waals surface area (Å²) in [7, 11) is 1.50. The summed E-state index contributed by atoms with van der Waals surface area (Å²) < 4.78 is 0. The molecule has 10 heavy (non-hydrogen) atoms. The Balaban J connectivity index is 3.71. The number of amides is 1. The highest BCUT2D eigenvalue weighted by molar-refractivity contribution is 5.80. The number of carbonyl (C=O) groups excluding carboxylic acids is 1. The molecule has 0 bridgehead atoms. The average Bonchev–Trinajstić information content (AvgIpc) is 1.87. The van der Waals surface area contributed by atoms with Gasteiger partial charge in [0.25, 0.3) is 5.91 Å². The molecule has 0 aromatic carbocycles. The molecule has 0 rings (SSSR count). The first-order valence-corrected chi connectivity index (χ1v) is 3.37. The first kappa shape index (κ1) is 9.39. The van der Waals surface area contributed by atoms with Crippen molar-refractivity contribution in [2.75, 3.05) is 7.05 Å². The van der Waals surface area contributed by atoms with Crippen molar-refractivity contribution in [2.24, 2.45) is 11.6 Å². The van der Waals surface area contributed by atoms with Gasteiger partial charge in [0, 0.05) is 7.05 Å². The number of hydrogen-bond acceptors (Lipinski definition) is 3. The molecule has 0 aliphatic rings. The highest BCUT2D eigenvalue weighted by atomic mass is 16.2. The topological polar surface area (TPSA) is 72.4 Å². The van der Waals surface area contributed by atoms with Crippen molar-refractivity contribution in [1.82, 2.24) is 5.01 Å². The minimum atomic E-state index is -0.431. The zero-order chi connectivity index (χ0) is 8.15. The van der Waals surface area contributed by atoms with Crippen LogP contribution in [-0.4, -0.2) is 24.0 Å². The Hall–Kier alpha value is -0.610. The number of carbonyl (C=O) groups is 1. The largest absolute Gasteiger partial charge is 0.320 e. The number of hydrazine groups is 1. The molecule has 1 unspecified atom stereocenters. The van der Waals surface area contributed by atoms with E-state index in [2.05, 4.69) is 0 Å². The van der Waals surface area contributed by atoms with E-state index in [-0.39, 0.29) is 5.91 Å². The SMILES string of the molecule is CCCC(N)C(=O)N(C)N. The molecule has 60 valence electrons. The molecule has 0 heterocycles. The van der Waals surface area contributed by atoms with Crippen LogP contribution >= 0.6 is 0 Å². The van der Waals surface area contributed by atoms with Gasteiger partial charge in [0.05, 0.1) is 6.04 Å². The maximum Gasteiger partial charge on any atom is 0.253 e. The van der Waals surface area contributed by atoms with Gasteiger partial charge in [-0.3, -0.25) is 9.80 Å². The van der Waals surface area contributed by atoms with Crippen LogP contribution in [0.4, 0.5) is 0 Å². The maximum absolute atomic E-state index is 10.9. The molecule has 0 saturated carbocycles. The Morgan fingerprint density at radius 2 is 2.20 bits per heavy atom. The van der Waals surface area contributed by atoms with Gasteiger partial charge in [0.2, 0.25) is 0 Å². The average molecular weight is 145 g/mol. The van der Waals surface area contributed by atoms with E-state index in [1.807, 2.05) is 6.92 Å². The van der Waals surface area contributed by atoms with Crippen molar-refractivity contribution in [1.29, 1.82) is 0 Å². The van der Waals surface area contributed by atoms with E-state index in [0.29, 0.717) is 6.42 Å². The van der Waals surface area contributed by atoms with Gasteiger partial charge in [-0.25, -0.2) is 5.84 Å². The van der Waals surface area contributed by atoms with E-state index < -0.39 is 6.04 Å². The fourth-order valence-electron chi connectivity index (χ4n) is 0.696. The van der Waals surface area contributed by atoms with E-state index in [0.717, 1.165) is 11.4 Å². The number of hydrogen-bond donors (Lipinski definition) is 2. The fourth-order valence-corrected chi connectivity index (χ4v) is 0.696. The van der Waals surface area contributed by atoms with Crippen LogP contribution < -0.4 is 11.6 Å². The Labute approximate surface area is 61.1 Å². The summed E-state index contributed by atoms with van der Waals surface area (Å²) in [6.45, 7) is 1.98. The van der Waals surface area contributed by atoms with Gasteiger partial charge in [0.1, 0.15) is 0 Å². The summed E-state index contributed by atoms with van der Waals surface area (Å²) in [4.78, 5) is 10.9. The van der Waals surface area contributed by atoms with Crippen LogP contribution in [0.3, 0.4) is 0 Å². The first-order chi connectivity index (χ1) is 4.59. The van der Waals surface area contributed by atoms with E-state index in [1.165, 1.54) is 7.05 Å². The van der Waals surface area contributed by atoms with Gasteiger partial charge in [-0.2, -0.15) is 0 Å². The number of rotatable bonds is 3. The molecular formula is C6H15N3O. The highest BCUT2D eigenvalue weighted by Crippen LogP contribution is 1.94. The second-order valence-electron chi connectivity index (χ2n) is 2.34. The van der Waals surface area contributed by atoms with Crippen LogP contribution in [0.5, 0.6) is 0 Å². The highest BCUT2D eigenvalue weighted by Gasteiger charge is 2.13. The van der Waals surface area contributed by atoms with E-state index in [1.54, 1.807) is 0 Å². The lowest BCUT2D eigenvalue weighted by atomic mass is 10.2. The third-order valence-corrected chi connectivity index (χ3v) is 1.26. The molecule has 4 N–H and O–H groups in total. The molecule has 0 spiro atoms. The number of likely N-dealkylation sites (N-methyl/N-ethyl adjacent to an activating group) is 1. The second kappa shape index (κ2) is 4.24. The Bertz CT molecular complexity index is 114. The minimum absolute atomic E-state index is 0.207. The van der Waals surface area contributed by atoms with E-state index >= 15 is 0 Å². The summed E-state index contributed by atoms with van der Waals surface area (Å²) in [5, 5.41) is 1.03. The molecular weight excluding hydrogens is 130 g/mol. The second-order valence-corrected chi connectivity index (χ2v) is 2.34. The summed E-state index contributed by atoms with van der Waals surface area (Å²) in [6, 6.07) is -0.431. The monoisotopic (exact) mass is 145 g/mol. The lowest BCUT2D eigenvalue weighted by Gasteiger charge is -2.14. The van der Waals surface area contributed by atoms with Crippen molar-refractivity contribution < 1.29 is 4.79 Å². The van der Waals surface area contributed by atoms with Crippen LogP contribution in [-0.2, 0) is 4.79 Å². The normalized spacial score (nSPS) is 12.8. The molecule has 1 amide bonds. The van der Waals surface area contributed by atoms with Gasteiger partial charge >= 0.3 is 0 Å².